The normalized spacial score (nSPS) is 15.7. The summed E-state index contributed by atoms with van der Waals surface area (Å²) < 4.78 is 10.4. The van der Waals surface area contributed by atoms with Gasteiger partial charge in [0.2, 0.25) is 0 Å². The molecule has 0 aromatic heterocycles. The van der Waals surface area contributed by atoms with Crippen LogP contribution in [0.2, 0.25) is 0 Å². The van der Waals surface area contributed by atoms with Crippen LogP contribution in [0.4, 0.5) is 5.69 Å². The smallest absolute Gasteiger partial charge is 0.279 e. The van der Waals surface area contributed by atoms with Crippen molar-refractivity contribution in [2.45, 2.75) is 19.3 Å². The van der Waals surface area contributed by atoms with E-state index >= 15 is 0 Å². The molecular formula is C15H23N2O3+. The molecule has 0 aliphatic carbocycles. The molecule has 1 saturated heterocycles. The summed E-state index contributed by atoms with van der Waals surface area (Å²) in [6.07, 6.45) is 3.73. The van der Waals surface area contributed by atoms with E-state index in [-0.39, 0.29) is 5.91 Å². The zero-order chi connectivity index (χ0) is 14.4. The molecule has 0 radical (unpaired) electrons. The third kappa shape index (κ3) is 3.87. The average molecular weight is 279 g/mol. The monoisotopic (exact) mass is 279 g/mol. The van der Waals surface area contributed by atoms with Gasteiger partial charge in [0.25, 0.3) is 5.91 Å². The molecule has 2 N–H and O–H groups in total. The molecule has 0 unspecified atom stereocenters. The number of rotatable bonds is 5. The highest BCUT2D eigenvalue weighted by Gasteiger charge is 2.17. The molecule has 0 spiro atoms. The standard InChI is InChI=1S/C15H22N2O3/c1-19-13-7-6-12(10-14(13)20-2)16-15(18)11-17-8-4-3-5-9-17/h6-7,10H,3-5,8-9,11H2,1-2H3,(H,16,18)/p+1. The van der Waals surface area contributed by atoms with Gasteiger partial charge in [-0.05, 0) is 31.4 Å². The van der Waals surface area contributed by atoms with E-state index in [1.54, 1.807) is 26.4 Å². The Bertz CT molecular complexity index is 456. The zero-order valence-electron chi connectivity index (χ0n) is 12.2. The number of carbonyl (C=O) groups is 1. The quantitative estimate of drug-likeness (QED) is 0.835. The summed E-state index contributed by atoms with van der Waals surface area (Å²) in [6.45, 7) is 2.73. The number of hydrogen-bond acceptors (Lipinski definition) is 3. The fourth-order valence-electron chi connectivity index (χ4n) is 2.57. The molecule has 5 heteroatoms. The van der Waals surface area contributed by atoms with Crippen molar-refractivity contribution >= 4 is 11.6 Å². The maximum atomic E-state index is 12.0. The largest absolute Gasteiger partial charge is 0.493 e. The van der Waals surface area contributed by atoms with Gasteiger partial charge in [0.1, 0.15) is 0 Å². The number of methoxy groups -OCH3 is 2. The number of amides is 1. The lowest BCUT2D eigenvalue weighted by molar-refractivity contribution is -0.896. The first-order chi connectivity index (χ1) is 9.72. The summed E-state index contributed by atoms with van der Waals surface area (Å²) in [5, 5.41) is 2.92. The van der Waals surface area contributed by atoms with Gasteiger partial charge >= 0.3 is 0 Å². The molecule has 1 aliphatic heterocycles. The van der Waals surface area contributed by atoms with E-state index in [2.05, 4.69) is 5.32 Å². The van der Waals surface area contributed by atoms with Crippen molar-refractivity contribution in [3.8, 4) is 11.5 Å². The van der Waals surface area contributed by atoms with Crippen molar-refractivity contribution in [1.29, 1.82) is 0 Å². The minimum absolute atomic E-state index is 0.0501. The first-order valence-corrected chi connectivity index (χ1v) is 7.08. The van der Waals surface area contributed by atoms with Gasteiger partial charge in [-0.1, -0.05) is 0 Å². The van der Waals surface area contributed by atoms with Gasteiger partial charge in [0.05, 0.1) is 27.3 Å². The van der Waals surface area contributed by atoms with Crippen LogP contribution in [0, 0.1) is 0 Å². The molecule has 0 bridgehead atoms. The molecule has 110 valence electrons. The highest BCUT2D eigenvalue weighted by atomic mass is 16.5. The van der Waals surface area contributed by atoms with Crippen LogP contribution in [-0.4, -0.2) is 39.8 Å². The molecule has 2 rings (SSSR count). The van der Waals surface area contributed by atoms with Crippen molar-refractivity contribution in [3.05, 3.63) is 18.2 Å². The molecule has 1 fully saturated rings. The molecule has 5 nitrogen and oxygen atoms in total. The number of anilines is 1. The van der Waals surface area contributed by atoms with Crippen LogP contribution >= 0.6 is 0 Å². The van der Waals surface area contributed by atoms with Crippen LogP contribution < -0.4 is 19.7 Å². The lowest BCUT2D eigenvalue weighted by atomic mass is 10.1. The fraction of sp³-hybridized carbons (Fsp3) is 0.533. The minimum atomic E-state index is 0.0501. The molecule has 20 heavy (non-hydrogen) atoms. The Kier molecular flexibility index (Phi) is 5.24. The second-order valence-corrected chi connectivity index (χ2v) is 5.11. The van der Waals surface area contributed by atoms with Crippen LogP contribution in [-0.2, 0) is 4.79 Å². The number of benzene rings is 1. The van der Waals surface area contributed by atoms with Crippen LogP contribution in [0.3, 0.4) is 0 Å². The molecule has 0 saturated carbocycles. The van der Waals surface area contributed by atoms with Gasteiger partial charge in [-0.2, -0.15) is 0 Å². The predicted molar refractivity (Wildman–Crippen MR) is 77.6 cm³/mol. The van der Waals surface area contributed by atoms with E-state index in [1.165, 1.54) is 24.2 Å². The average Bonchev–Trinajstić information content (AvgIpc) is 2.48. The van der Waals surface area contributed by atoms with E-state index in [4.69, 9.17) is 9.47 Å². The van der Waals surface area contributed by atoms with Crippen molar-refractivity contribution < 1.29 is 19.2 Å². The predicted octanol–water partition coefficient (Wildman–Crippen LogP) is 0.711. The lowest BCUT2D eigenvalue weighted by Crippen LogP contribution is -3.13. The van der Waals surface area contributed by atoms with E-state index in [0.717, 1.165) is 18.8 Å². The number of likely N-dealkylation sites (tertiary alicyclic amines) is 1. The maximum absolute atomic E-state index is 12.0. The number of ether oxygens (including phenoxy) is 2. The Morgan fingerprint density at radius 1 is 1.15 bits per heavy atom. The van der Waals surface area contributed by atoms with Crippen molar-refractivity contribution in [2.24, 2.45) is 0 Å². The molecule has 1 heterocycles. The number of hydrogen-bond donors (Lipinski definition) is 2. The highest BCUT2D eigenvalue weighted by molar-refractivity contribution is 5.91. The Morgan fingerprint density at radius 2 is 1.85 bits per heavy atom. The number of quaternary nitrogens is 1. The van der Waals surface area contributed by atoms with Crippen LogP contribution in [0.1, 0.15) is 19.3 Å². The first kappa shape index (κ1) is 14.7. The third-order valence-corrected chi connectivity index (χ3v) is 3.64. The van der Waals surface area contributed by atoms with Gasteiger partial charge in [-0.3, -0.25) is 4.79 Å². The topological polar surface area (TPSA) is 52.0 Å². The highest BCUT2D eigenvalue weighted by Crippen LogP contribution is 2.29. The van der Waals surface area contributed by atoms with E-state index in [0.29, 0.717) is 18.0 Å². The summed E-state index contributed by atoms with van der Waals surface area (Å²) in [5.41, 5.74) is 0.740. The molecular weight excluding hydrogens is 256 g/mol. The van der Waals surface area contributed by atoms with Crippen molar-refractivity contribution in [1.82, 2.24) is 0 Å². The first-order valence-electron chi connectivity index (χ1n) is 7.08. The Balaban J connectivity index is 1.93. The lowest BCUT2D eigenvalue weighted by Gasteiger charge is -2.22. The second kappa shape index (κ2) is 7.14. The minimum Gasteiger partial charge on any atom is -0.493 e. The van der Waals surface area contributed by atoms with Gasteiger partial charge in [0.15, 0.2) is 18.0 Å². The van der Waals surface area contributed by atoms with E-state index in [1.807, 2.05) is 6.07 Å². The van der Waals surface area contributed by atoms with Gasteiger partial charge in [0, 0.05) is 11.8 Å². The summed E-state index contributed by atoms with van der Waals surface area (Å²) in [6, 6.07) is 5.40. The number of carbonyl (C=O) groups excluding carboxylic acids is 1. The van der Waals surface area contributed by atoms with Crippen LogP contribution in [0.5, 0.6) is 11.5 Å². The number of nitrogens with one attached hydrogen (secondary N) is 2. The molecule has 1 aromatic carbocycles. The molecule has 1 aromatic rings. The van der Waals surface area contributed by atoms with Crippen LogP contribution in [0.15, 0.2) is 18.2 Å². The van der Waals surface area contributed by atoms with Gasteiger partial charge in [-0.15, -0.1) is 0 Å². The molecule has 1 aliphatic rings. The third-order valence-electron chi connectivity index (χ3n) is 3.64. The summed E-state index contributed by atoms with van der Waals surface area (Å²) in [7, 11) is 3.18. The maximum Gasteiger partial charge on any atom is 0.279 e. The number of piperidine rings is 1. The molecule has 1 amide bonds. The summed E-state index contributed by atoms with van der Waals surface area (Å²) in [4.78, 5) is 13.4. The van der Waals surface area contributed by atoms with Crippen LogP contribution in [0.25, 0.3) is 0 Å². The Morgan fingerprint density at radius 3 is 2.50 bits per heavy atom. The Labute approximate surface area is 119 Å². The Hall–Kier alpha value is -1.75. The van der Waals surface area contributed by atoms with Gasteiger partial charge < -0.3 is 19.7 Å². The fourth-order valence-corrected chi connectivity index (χ4v) is 2.57. The summed E-state index contributed by atoms with van der Waals surface area (Å²) in [5.74, 6) is 1.33. The zero-order valence-corrected chi connectivity index (χ0v) is 12.2. The SMILES string of the molecule is COc1ccc(NC(=O)C[NH+]2CCCCC2)cc1OC. The van der Waals surface area contributed by atoms with Gasteiger partial charge in [-0.25, -0.2) is 0 Å². The van der Waals surface area contributed by atoms with E-state index in [9.17, 15) is 4.79 Å². The molecule has 0 atom stereocenters. The summed E-state index contributed by atoms with van der Waals surface area (Å²) >= 11 is 0. The van der Waals surface area contributed by atoms with Crippen molar-refractivity contribution in [3.63, 3.8) is 0 Å². The van der Waals surface area contributed by atoms with E-state index < -0.39 is 0 Å². The second-order valence-electron chi connectivity index (χ2n) is 5.11. The van der Waals surface area contributed by atoms with Crippen molar-refractivity contribution in [2.75, 3.05) is 39.2 Å².